The van der Waals surface area contributed by atoms with Crippen molar-refractivity contribution in [1.29, 1.82) is 0 Å². The highest BCUT2D eigenvalue weighted by Crippen LogP contribution is 2.25. The smallest absolute Gasteiger partial charge is 0.306 e. The van der Waals surface area contributed by atoms with Gasteiger partial charge < -0.3 is 10.0 Å². The molecule has 1 aromatic carbocycles. The lowest BCUT2D eigenvalue weighted by molar-refractivity contribution is -0.143. The molecule has 1 amide bonds. The molecule has 110 valence electrons. The van der Waals surface area contributed by atoms with Gasteiger partial charge in [0.05, 0.1) is 5.92 Å². The number of piperidine rings is 1. The van der Waals surface area contributed by atoms with Crippen LogP contribution in [0.4, 0.5) is 0 Å². The molecule has 0 bridgehead atoms. The number of halogens is 1. The van der Waals surface area contributed by atoms with Crippen molar-refractivity contribution in [2.24, 2.45) is 11.8 Å². The Hall–Kier alpha value is -1.55. The number of carboxylic acid groups (broad SMARTS) is 1. The van der Waals surface area contributed by atoms with Gasteiger partial charge in [-0.2, -0.15) is 0 Å². The van der Waals surface area contributed by atoms with Gasteiger partial charge in [0.25, 0.3) is 5.91 Å². The molecular weight excluding hydrogens is 278 g/mol. The number of aliphatic carboxylic acids is 1. The number of carboxylic acids is 1. The average molecular weight is 298 g/mol. The zero-order valence-corrected chi connectivity index (χ0v) is 12.3. The zero-order chi connectivity index (χ0) is 13.8. The maximum absolute atomic E-state index is 12.2. The molecule has 1 fully saturated rings. The van der Waals surface area contributed by atoms with Gasteiger partial charge in [0.2, 0.25) is 0 Å². The van der Waals surface area contributed by atoms with Crippen molar-refractivity contribution in [3.8, 4) is 0 Å². The van der Waals surface area contributed by atoms with Crippen LogP contribution in [0.25, 0.3) is 0 Å². The number of carbonyl (C=O) groups excluding carboxylic acids is 1. The molecule has 5 heteroatoms. The predicted molar refractivity (Wildman–Crippen MR) is 79.1 cm³/mol. The molecule has 20 heavy (non-hydrogen) atoms. The molecule has 1 heterocycles. The number of nitrogens with zero attached hydrogens (tertiary/aromatic N) is 1. The minimum Gasteiger partial charge on any atom is -0.481 e. The molecular formula is C15H20ClNO3. The molecule has 0 spiro atoms. The first-order valence-corrected chi connectivity index (χ1v) is 6.66. The Kier molecular flexibility index (Phi) is 6.02. The Labute approximate surface area is 125 Å². The molecule has 1 unspecified atom stereocenters. The van der Waals surface area contributed by atoms with Crippen LogP contribution in [0.2, 0.25) is 0 Å². The van der Waals surface area contributed by atoms with E-state index >= 15 is 0 Å². The average Bonchev–Trinajstić information content (AvgIpc) is 2.46. The standard InChI is InChI=1S/C15H19NO3.ClH/c1-11(15(18)19)12-7-9-16(10-8-12)14(17)13-5-3-2-4-6-13;/h2-6,11-12H,7-10H2,1H3,(H,18,19);1H. The third kappa shape index (κ3) is 3.73. The van der Waals surface area contributed by atoms with Gasteiger partial charge in [-0.15, -0.1) is 12.4 Å². The summed E-state index contributed by atoms with van der Waals surface area (Å²) < 4.78 is 0. The fourth-order valence-corrected chi connectivity index (χ4v) is 2.57. The summed E-state index contributed by atoms with van der Waals surface area (Å²) in [5.41, 5.74) is 0.701. The van der Waals surface area contributed by atoms with Crippen molar-refractivity contribution in [2.45, 2.75) is 19.8 Å². The van der Waals surface area contributed by atoms with Crippen LogP contribution in [-0.2, 0) is 4.79 Å². The Balaban J connectivity index is 0.00000200. The van der Waals surface area contributed by atoms with Crippen molar-refractivity contribution < 1.29 is 14.7 Å². The quantitative estimate of drug-likeness (QED) is 0.933. The fourth-order valence-electron chi connectivity index (χ4n) is 2.57. The van der Waals surface area contributed by atoms with Crippen LogP contribution < -0.4 is 0 Å². The first-order chi connectivity index (χ1) is 9.09. The second-order valence-electron chi connectivity index (χ2n) is 5.12. The van der Waals surface area contributed by atoms with E-state index in [0.717, 1.165) is 12.8 Å². The van der Waals surface area contributed by atoms with Crippen molar-refractivity contribution in [2.75, 3.05) is 13.1 Å². The van der Waals surface area contributed by atoms with Crippen LogP contribution in [-0.4, -0.2) is 35.0 Å². The minimum atomic E-state index is -0.743. The zero-order valence-electron chi connectivity index (χ0n) is 11.5. The highest BCUT2D eigenvalue weighted by molar-refractivity contribution is 5.94. The van der Waals surface area contributed by atoms with E-state index in [2.05, 4.69) is 0 Å². The van der Waals surface area contributed by atoms with Crippen LogP contribution >= 0.6 is 12.4 Å². The number of benzene rings is 1. The lowest BCUT2D eigenvalue weighted by atomic mass is 9.85. The maximum Gasteiger partial charge on any atom is 0.306 e. The van der Waals surface area contributed by atoms with Crippen molar-refractivity contribution in [1.82, 2.24) is 4.90 Å². The Morgan fingerprint density at radius 3 is 2.25 bits per heavy atom. The summed E-state index contributed by atoms with van der Waals surface area (Å²) in [4.78, 5) is 25.0. The summed E-state index contributed by atoms with van der Waals surface area (Å²) in [7, 11) is 0. The molecule has 1 aliphatic heterocycles. The Morgan fingerprint density at radius 1 is 1.20 bits per heavy atom. The monoisotopic (exact) mass is 297 g/mol. The predicted octanol–water partition coefficient (Wildman–Crippen LogP) is 2.68. The minimum absolute atomic E-state index is 0. The molecule has 2 rings (SSSR count). The van der Waals surface area contributed by atoms with Gasteiger partial charge in [0.1, 0.15) is 0 Å². The molecule has 0 aliphatic carbocycles. The van der Waals surface area contributed by atoms with Gasteiger partial charge in [0, 0.05) is 18.7 Å². The van der Waals surface area contributed by atoms with E-state index in [1.165, 1.54) is 0 Å². The number of hydrogen-bond acceptors (Lipinski definition) is 2. The first-order valence-electron chi connectivity index (χ1n) is 6.66. The molecule has 0 radical (unpaired) electrons. The van der Waals surface area contributed by atoms with E-state index in [0.29, 0.717) is 18.7 Å². The van der Waals surface area contributed by atoms with Crippen LogP contribution in [0.3, 0.4) is 0 Å². The number of hydrogen-bond donors (Lipinski definition) is 1. The van der Waals surface area contributed by atoms with Crippen LogP contribution in [0.5, 0.6) is 0 Å². The van der Waals surface area contributed by atoms with E-state index in [4.69, 9.17) is 5.11 Å². The highest BCUT2D eigenvalue weighted by atomic mass is 35.5. The second-order valence-corrected chi connectivity index (χ2v) is 5.12. The summed E-state index contributed by atoms with van der Waals surface area (Å²) >= 11 is 0. The molecule has 1 aromatic rings. The van der Waals surface area contributed by atoms with Crippen molar-refractivity contribution >= 4 is 24.3 Å². The largest absolute Gasteiger partial charge is 0.481 e. The van der Waals surface area contributed by atoms with Crippen LogP contribution in [0.1, 0.15) is 30.1 Å². The Morgan fingerprint density at radius 2 is 1.75 bits per heavy atom. The third-order valence-electron chi connectivity index (χ3n) is 3.94. The normalized spacial score (nSPS) is 17.1. The molecule has 0 saturated carbocycles. The first kappa shape index (κ1) is 16.5. The lowest BCUT2D eigenvalue weighted by Crippen LogP contribution is -2.40. The SMILES string of the molecule is CC(C(=O)O)C1CCN(C(=O)c2ccccc2)CC1.Cl. The van der Waals surface area contributed by atoms with Crippen molar-refractivity contribution in [3.05, 3.63) is 35.9 Å². The molecule has 1 aliphatic rings. The van der Waals surface area contributed by atoms with Crippen molar-refractivity contribution in [3.63, 3.8) is 0 Å². The summed E-state index contributed by atoms with van der Waals surface area (Å²) in [5, 5.41) is 9.01. The molecule has 4 nitrogen and oxygen atoms in total. The third-order valence-corrected chi connectivity index (χ3v) is 3.94. The second kappa shape index (κ2) is 7.29. The number of amides is 1. The van der Waals surface area contributed by atoms with E-state index in [-0.39, 0.29) is 30.2 Å². The molecule has 1 saturated heterocycles. The number of likely N-dealkylation sites (tertiary alicyclic amines) is 1. The molecule has 1 atom stereocenters. The van der Waals surface area contributed by atoms with E-state index in [9.17, 15) is 9.59 Å². The molecule has 1 N–H and O–H groups in total. The van der Waals surface area contributed by atoms with Gasteiger partial charge >= 0.3 is 5.97 Å². The fraction of sp³-hybridized carbons (Fsp3) is 0.467. The summed E-state index contributed by atoms with van der Waals surface area (Å²) in [5.74, 6) is -0.846. The molecule has 0 aromatic heterocycles. The summed E-state index contributed by atoms with van der Waals surface area (Å²) in [6.07, 6.45) is 1.54. The lowest BCUT2D eigenvalue weighted by Gasteiger charge is -2.33. The van der Waals surface area contributed by atoms with Gasteiger partial charge in [0.15, 0.2) is 0 Å². The van der Waals surface area contributed by atoms with Crippen LogP contribution in [0, 0.1) is 11.8 Å². The van der Waals surface area contributed by atoms with Crippen LogP contribution in [0.15, 0.2) is 30.3 Å². The number of rotatable bonds is 3. The topological polar surface area (TPSA) is 57.6 Å². The highest BCUT2D eigenvalue weighted by Gasteiger charge is 2.29. The van der Waals surface area contributed by atoms with Gasteiger partial charge in [-0.3, -0.25) is 9.59 Å². The van der Waals surface area contributed by atoms with E-state index in [1.54, 1.807) is 6.92 Å². The summed E-state index contributed by atoms with van der Waals surface area (Å²) in [6.45, 7) is 3.05. The summed E-state index contributed by atoms with van der Waals surface area (Å²) in [6, 6.07) is 9.22. The maximum atomic E-state index is 12.2. The Bertz CT molecular complexity index is 455. The van der Waals surface area contributed by atoms with Gasteiger partial charge in [-0.1, -0.05) is 25.1 Å². The van der Waals surface area contributed by atoms with E-state index in [1.807, 2.05) is 35.2 Å². The number of carbonyl (C=O) groups is 2. The van der Waals surface area contributed by atoms with E-state index < -0.39 is 5.97 Å². The van der Waals surface area contributed by atoms with Gasteiger partial charge in [-0.05, 0) is 30.9 Å². The van der Waals surface area contributed by atoms with Gasteiger partial charge in [-0.25, -0.2) is 0 Å².